The molecule has 1 fully saturated rings. The van der Waals surface area contributed by atoms with E-state index in [0.717, 1.165) is 18.5 Å². The van der Waals surface area contributed by atoms with Crippen LogP contribution in [-0.2, 0) is 4.74 Å². The molecular formula is C12H15N3O3. The number of hydrogen-bond donors (Lipinski definition) is 1. The number of ether oxygens (including phenoxy) is 1. The third kappa shape index (κ3) is 1.93. The van der Waals surface area contributed by atoms with Crippen LogP contribution in [0.25, 0.3) is 11.6 Å². The highest BCUT2D eigenvalue weighted by molar-refractivity contribution is 5.51. The highest BCUT2D eigenvalue weighted by Crippen LogP contribution is 2.27. The highest BCUT2D eigenvalue weighted by atomic mass is 16.5. The maximum Gasteiger partial charge on any atom is 0.244 e. The molecule has 1 aliphatic heterocycles. The molecule has 1 aliphatic rings. The Morgan fingerprint density at radius 1 is 1.50 bits per heavy atom. The van der Waals surface area contributed by atoms with E-state index in [4.69, 9.17) is 13.7 Å². The van der Waals surface area contributed by atoms with Gasteiger partial charge in [-0.25, -0.2) is 0 Å². The third-order valence-electron chi connectivity index (χ3n) is 3.23. The average Bonchev–Trinajstić information content (AvgIpc) is 3.07. The zero-order chi connectivity index (χ0) is 12.5. The van der Waals surface area contributed by atoms with Crippen LogP contribution in [0.5, 0.6) is 0 Å². The molecule has 6 heteroatoms. The normalized spacial score (nSPS) is 23.7. The lowest BCUT2D eigenvalue weighted by atomic mass is 10.2. The first-order chi connectivity index (χ1) is 8.78. The summed E-state index contributed by atoms with van der Waals surface area (Å²) in [4.78, 5) is 4.37. The summed E-state index contributed by atoms with van der Waals surface area (Å²) in [5, 5.41) is 7.25. The fraction of sp³-hybridized carbons (Fsp3) is 0.500. The van der Waals surface area contributed by atoms with Crippen LogP contribution < -0.4 is 5.32 Å². The quantitative estimate of drug-likeness (QED) is 0.892. The SMILES string of the molecule is COC1CNC(c2nc(-c3occc3C)no2)C1. The van der Waals surface area contributed by atoms with Crippen molar-refractivity contribution in [1.82, 2.24) is 15.5 Å². The maximum absolute atomic E-state index is 5.34. The predicted molar refractivity (Wildman–Crippen MR) is 62.9 cm³/mol. The van der Waals surface area contributed by atoms with Crippen molar-refractivity contribution in [3.63, 3.8) is 0 Å². The zero-order valence-corrected chi connectivity index (χ0v) is 10.3. The lowest BCUT2D eigenvalue weighted by molar-refractivity contribution is 0.116. The molecule has 1 saturated heterocycles. The topological polar surface area (TPSA) is 73.3 Å². The molecule has 6 nitrogen and oxygen atoms in total. The monoisotopic (exact) mass is 249 g/mol. The van der Waals surface area contributed by atoms with Crippen molar-refractivity contribution in [2.24, 2.45) is 0 Å². The molecule has 0 saturated carbocycles. The smallest absolute Gasteiger partial charge is 0.244 e. The number of aryl methyl sites for hydroxylation is 1. The Balaban J connectivity index is 1.80. The summed E-state index contributed by atoms with van der Waals surface area (Å²) in [6, 6.07) is 1.94. The van der Waals surface area contributed by atoms with Gasteiger partial charge in [-0.05, 0) is 25.0 Å². The van der Waals surface area contributed by atoms with Crippen molar-refractivity contribution in [1.29, 1.82) is 0 Å². The number of methoxy groups -OCH3 is 1. The van der Waals surface area contributed by atoms with Gasteiger partial charge in [0, 0.05) is 13.7 Å². The van der Waals surface area contributed by atoms with Gasteiger partial charge in [-0.15, -0.1) is 0 Å². The van der Waals surface area contributed by atoms with E-state index in [1.165, 1.54) is 0 Å². The van der Waals surface area contributed by atoms with Crippen LogP contribution in [0.4, 0.5) is 0 Å². The second kappa shape index (κ2) is 4.55. The van der Waals surface area contributed by atoms with E-state index in [0.29, 0.717) is 17.5 Å². The van der Waals surface area contributed by atoms with Gasteiger partial charge < -0.3 is 19.0 Å². The van der Waals surface area contributed by atoms with Crippen molar-refractivity contribution in [3.8, 4) is 11.6 Å². The number of hydrogen-bond acceptors (Lipinski definition) is 6. The van der Waals surface area contributed by atoms with Gasteiger partial charge in [0.05, 0.1) is 18.4 Å². The van der Waals surface area contributed by atoms with E-state index in [9.17, 15) is 0 Å². The van der Waals surface area contributed by atoms with E-state index in [-0.39, 0.29) is 12.1 Å². The Morgan fingerprint density at radius 3 is 3.06 bits per heavy atom. The number of nitrogens with one attached hydrogen (secondary N) is 1. The largest absolute Gasteiger partial charge is 0.461 e. The van der Waals surface area contributed by atoms with Gasteiger partial charge >= 0.3 is 0 Å². The number of aromatic nitrogens is 2. The Hall–Kier alpha value is -1.66. The molecule has 0 aliphatic carbocycles. The zero-order valence-electron chi connectivity index (χ0n) is 10.3. The maximum atomic E-state index is 5.34. The van der Waals surface area contributed by atoms with Crippen molar-refractivity contribution in [3.05, 3.63) is 23.8 Å². The van der Waals surface area contributed by atoms with Crippen molar-refractivity contribution >= 4 is 0 Å². The molecule has 18 heavy (non-hydrogen) atoms. The predicted octanol–water partition coefficient (Wildman–Crippen LogP) is 1.69. The Kier molecular flexibility index (Phi) is 2.89. The van der Waals surface area contributed by atoms with E-state index < -0.39 is 0 Å². The molecule has 96 valence electrons. The van der Waals surface area contributed by atoms with Crippen LogP contribution in [0, 0.1) is 6.92 Å². The van der Waals surface area contributed by atoms with Gasteiger partial charge in [0.25, 0.3) is 0 Å². The summed E-state index contributed by atoms with van der Waals surface area (Å²) in [5.41, 5.74) is 0.997. The molecule has 0 spiro atoms. The van der Waals surface area contributed by atoms with Gasteiger partial charge in [-0.1, -0.05) is 5.16 Å². The van der Waals surface area contributed by atoms with Gasteiger partial charge in [0.15, 0.2) is 5.76 Å². The van der Waals surface area contributed by atoms with E-state index in [1.54, 1.807) is 13.4 Å². The molecule has 2 atom stereocenters. The molecule has 0 aromatic carbocycles. The lowest BCUT2D eigenvalue weighted by Crippen LogP contribution is -2.16. The first-order valence-corrected chi connectivity index (χ1v) is 5.92. The summed E-state index contributed by atoms with van der Waals surface area (Å²) in [7, 11) is 1.71. The molecule has 2 unspecified atom stereocenters. The van der Waals surface area contributed by atoms with Crippen LogP contribution in [0.1, 0.15) is 23.9 Å². The van der Waals surface area contributed by atoms with E-state index in [1.807, 2.05) is 13.0 Å². The fourth-order valence-electron chi connectivity index (χ4n) is 2.14. The molecule has 1 N–H and O–H groups in total. The minimum atomic E-state index is 0.0615. The summed E-state index contributed by atoms with van der Waals surface area (Å²) in [5.74, 6) is 1.74. The van der Waals surface area contributed by atoms with Crippen molar-refractivity contribution in [2.75, 3.05) is 13.7 Å². The molecule has 0 bridgehead atoms. The van der Waals surface area contributed by atoms with Gasteiger partial charge in [0.1, 0.15) is 0 Å². The number of nitrogens with zero attached hydrogens (tertiary/aromatic N) is 2. The second-order valence-electron chi connectivity index (χ2n) is 4.44. The molecule has 3 heterocycles. The van der Waals surface area contributed by atoms with Crippen LogP contribution >= 0.6 is 0 Å². The van der Waals surface area contributed by atoms with Crippen LogP contribution in [0.3, 0.4) is 0 Å². The minimum Gasteiger partial charge on any atom is -0.461 e. The van der Waals surface area contributed by atoms with Crippen molar-refractivity contribution in [2.45, 2.75) is 25.5 Å². The Morgan fingerprint density at radius 2 is 2.39 bits per heavy atom. The van der Waals surface area contributed by atoms with E-state index >= 15 is 0 Å². The van der Waals surface area contributed by atoms with Crippen molar-refractivity contribution < 1.29 is 13.7 Å². The molecule has 0 amide bonds. The summed E-state index contributed by atoms with van der Waals surface area (Å²) < 4.78 is 15.9. The van der Waals surface area contributed by atoms with Gasteiger partial charge in [-0.3, -0.25) is 0 Å². The van der Waals surface area contributed by atoms with Gasteiger partial charge in [-0.2, -0.15) is 4.98 Å². The van der Waals surface area contributed by atoms with Crippen LogP contribution in [0.2, 0.25) is 0 Å². The molecule has 3 rings (SSSR count). The number of furan rings is 1. The fourth-order valence-corrected chi connectivity index (χ4v) is 2.14. The summed E-state index contributed by atoms with van der Waals surface area (Å²) in [6.07, 6.45) is 2.67. The second-order valence-corrected chi connectivity index (χ2v) is 4.44. The first kappa shape index (κ1) is 11.4. The van der Waals surface area contributed by atoms with Gasteiger partial charge in [0.2, 0.25) is 11.7 Å². The molecular weight excluding hydrogens is 234 g/mol. The van der Waals surface area contributed by atoms with Crippen LogP contribution in [-0.4, -0.2) is 29.9 Å². The molecule has 0 radical (unpaired) electrons. The Bertz CT molecular complexity index is 534. The highest BCUT2D eigenvalue weighted by Gasteiger charge is 2.29. The van der Waals surface area contributed by atoms with Crippen LogP contribution in [0.15, 0.2) is 21.3 Å². The first-order valence-electron chi connectivity index (χ1n) is 5.92. The standard InChI is InChI=1S/C12H15N3O3/c1-7-3-4-17-10(7)11-14-12(18-15-11)9-5-8(16-2)6-13-9/h3-4,8-9,13H,5-6H2,1-2H3. The summed E-state index contributed by atoms with van der Waals surface area (Å²) >= 11 is 0. The minimum absolute atomic E-state index is 0.0615. The Labute approximate surface area is 104 Å². The van der Waals surface area contributed by atoms with E-state index in [2.05, 4.69) is 15.5 Å². The lowest BCUT2D eigenvalue weighted by Gasteiger charge is -2.04. The average molecular weight is 249 g/mol. The third-order valence-corrected chi connectivity index (χ3v) is 3.23. The molecule has 2 aromatic rings. The molecule has 2 aromatic heterocycles. The number of rotatable bonds is 3. The summed E-state index contributed by atoms with van der Waals surface area (Å²) in [6.45, 7) is 2.75.